The summed E-state index contributed by atoms with van der Waals surface area (Å²) in [6.07, 6.45) is 0. The van der Waals surface area contributed by atoms with Crippen molar-refractivity contribution in [2.75, 3.05) is 14.2 Å². The van der Waals surface area contributed by atoms with Gasteiger partial charge in [0.1, 0.15) is 5.75 Å². The zero-order chi connectivity index (χ0) is 15.4. The molecule has 2 aromatic carbocycles. The monoisotopic (exact) mass is 349 g/mol. The lowest BCUT2D eigenvalue weighted by atomic mass is 10.1. The van der Waals surface area contributed by atoms with Crippen LogP contribution in [0.1, 0.15) is 24.1 Å². The predicted molar refractivity (Wildman–Crippen MR) is 89.4 cm³/mol. The molecule has 112 valence electrons. The Bertz CT molecular complexity index is 628. The minimum Gasteiger partial charge on any atom is -0.493 e. The van der Waals surface area contributed by atoms with E-state index in [4.69, 9.17) is 9.47 Å². The summed E-state index contributed by atoms with van der Waals surface area (Å²) in [7, 11) is 3.59. The van der Waals surface area contributed by atoms with Crippen molar-refractivity contribution >= 4 is 15.9 Å². The largest absolute Gasteiger partial charge is 0.493 e. The topological polar surface area (TPSA) is 30.5 Å². The maximum Gasteiger partial charge on any atom is 0.169 e. The molecule has 0 aliphatic rings. The molecular weight excluding hydrogens is 330 g/mol. The number of nitrogens with one attached hydrogen (secondary N) is 1. The standard InChI is InChI=1S/C17H20BrNO2/c1-11-5-7-16(17(9-11)20-4)21-15-8-6-13(18)10-14(15)12(2)19-3/h5-10,12,19H,1-4H3. The molecule has 1 atom stereocenters. The highest BCUT2D eigenvalue weighted by Gasteiger charge is 2.13. The van der Waals surface area contributed by atoms with Crippen molar-refractivity contribution < 1.29 is 9.47 Å². The van der Waals surface area contributed by atoms with E-state index >= 15 is 0 Å². The lowest BCUT2D eigenvalue weighted by Gasteiger charge is -2.18. The van der Waals surface area contributed by atoms with E-state index in [0.29, 0.717) is 0 Å². The summed E-state index contributed by atoms with van der Waals surface area (Å²) in [5, 5.41) is 3.24. The van der Waals surface area contributed by atoms with Crippen LogP contribution >= 0.6 is 15.9 Å². The van der Waals surface area contributed by atoms with Gasteiger partial charge in [-0.3, -0.25) is 0 Å². The van der Waals surface area contributed by atoms with E-state index in [0.717, 1.165) is 32.8 Å². The predicted octanol–water partition coefficient (Wildman–Crippen LogP) is 4.84. The summed E-state index contributed by atoms with van der Waals surface area (Å²) in [6, 6.07) is 12.1. The van der Waals surface area contributed by atoms with E-state index in [1.807, 2.05) is 44.3 Å². The molecule has 2 rings (SSSR count). The first kappa shape index (κ1) is 15.9. The lowest BCUT2D eigenvalue weighted by Crippen LogP contribution is -2.13. The van der Waals surface area contributed by atoms with Crippen molar-refractivity contribution in [1.82, 2.24) is 5.32 Å². The van der Waals surface area contributed by atoms with Gasteiger partial charge in [0.2, 0.25) is 0 Å². The molecule has 0 aromatic heterocycles. The number of ether oxygens (including phenoxy) is 2. The van der Waals surface area contributed by atoms with Crippen LogP contribution in [0.5, 0.6) is 17.2 Å². The molecule has 0 saturated heterocycles. The fourth-order valence-corrected chi connectivity index (χ4v) is 2.46. The molecular formula is C17H20BrNO2. The molecule has 0 fully saturated rings. The Morgan fingerprint density at radius 1 is 1.05 bits per heavy atom. The van der Waals surface area contributed by atoms with Gasteiger partial charge < -0.3 is 14.8 Å². The van der Waals surface area contributed by atoms with Gasteiger partial charge in [0, 0.05) is 16.1 Å². The van der Waals surface area contributed by atoms with E-state index in [1.54, 1.807) is 7.11 Å². The van der Waals surface area contributed by atoms with Crippen molar-refractivity contribution in [3.63, 3.8) is 0 Å². The number of halogens is 1. The molecule has 0 spiro atoms. The first-order chi connectivity index (χ1) is 10.0. The van der Waals surface area contributed by atoms with Crippen LogP contribution in [0.25, 0.3) is 0 Å². The van der Waals surface area contributed by atoms with Gasteiger partial charge in [0.15, 0.2) is 11.5 Å². The average Bonchev–Trinajstić information content (AvgIpc) is 2.49. The summed E-state index contributed by atoms with van der Waals surface area (Å²) < 4.78 is 12.5. The van der Waals surface area contributed by atoms with E-state index in [2.05, 4.69) is 34.2 Å². The summed E-state index contributed by atoms with van der Waals surface area (Å²) in [5.74, 6) is 2.28. The van der Waals surface area contributed by atoms with Gasteiger partial charge in [0.25, 0.3) is 0 Å². The highest BCUT2D eigenvalue weighted by Crippen LogP contribution is 2.36. The molecule has 0 saturated carbocycles. The quantitative estimate of drug-likeness (QED) is 0.837. The second-order valence-electron chi connectivity index (χ2n) is 4.95. The smallest absolute Gasteiger partial charge is 0.169 e. The van der Waals surface area contributed by atoms with Crippen LogP contribution in [-0.2, 0) is 0 Å². The molecule has 0 heterocycles. The maximum atomic E-state index is 6.08. The minimum absolute atomic E-state index is 0.189. The molecule has 0 amide bonds. The van der Waals surface area contributed by atoms with Gasteiger partial charge in [-0.2, -0.15) is 0 Å². The third kappa shape index (κ3) is 3.77. The van der Waals surface area contributed by atoms with Crippen LogP contribution in [0.2, 0.25) is 0 Å². The van der Waals surface area contributed by atoms with Crippen molar-refractivity contribution in [2.24, 2.45) is 0 Å². The number of hydrogen-bond acceptors (Lipinski definition) is 3. The van der Waals surface area contributed by atoms with Crippen molar-refractivity contribution in [3.8, 4) is 17.2 Å². The summed E-state index contributed by atoms with van der Waals surface area (Å²) in [5.41, 5.74) is 2.23. The Kier molecular flexibility index (Phi) is 5.26. The van der Waals surface area contributed by atoms with E-state index in [1.165, 1.54) is 0 Å². The summed E-state index contributed by atoms with van der Waals surface area (Å²) >= 11 is 3.51. The van der Waals surface area contributed by atoms with Crippen molar-refractivity contribution in [3.05, 3.63) is 52.0 Å². The van der Waals surface area contributed by atoms with Crippen molar-refractivity contribution in [2.45, 2.75) is 19.9 Å². The second-order valence-corrected chi connectivity index (χ2v) is 5.86. The lowest BCUT2D eigenvalue weighted by molar-refractivity contribution is 0.376. The van der Waals surface area contributed by atoms with Crippen molar-refractivity contribution in [1.29, 1.82) is 0 Å². The van der Waals surface area contributed by atoms with Gasteiger partial charge >= 0.3 is 0 Å². The fourth-order valence-electron chi connectivity index (χ4n) is 2.08. The van der Waals surface area contributed by atoms with E-state index in [-0.39, 0.29) is 6.04 Å². The Hall–Kier alpha value is -1.52. The Balaban J connectivity index is 2.40. The second kappa shape index (κ2) is 6.96. The third-order valence-corrected chi connectivity index (χ3v) is 3.90. The Morgan fingerprint density at radius 2 is 1.76 bits per heavy atom. The molecule has 1 unspecified atom stereocenters. The molecule has 4 heteroatoms. The van der Waals surface area contributed by atoms with Gasteiger partial charge in [-0.25, -0.2) is 0 Å². The zero-order valence-electron chi connectivity index (χ0n) is 12.7. The molecule has 0 aliphatic carbocycles. The molecule has 1 N–H and O–H groups in total. The maximum absolute atomic E-state index is 6.08. The molecule has 0 bridgehead atoms. The van der Waals surface area contributed by atoms with Crippen LogP contribution in [0.3, 0.4) is 0 Å². The van der Waals surface area contributed by atoms with Gasteiger partial charge in [0.05, 0.1) is 7.11 Å². The number of aryl methyl sites for hydroxylation is 1. The normalized spacial score (nSPS) is 12.0. The van der Waals surface area contributed by atoms with E-state index in [9.17, 15) is 0 Å². The molecule has 21 heavy (non-hydrogen) atoms. The summed E-state index contributed by atoms with van der Waals surface area (Å²) in [4.78, 5) is 0. The van der Waals surface area contributed by atoms with Crippen LogP contribution in [0.15, 0.2) is 40.9 Å². The highest BCUT2D eigenvalue weighted by atomic mass is 79.9. The first-order valence-corrected chi connectivity index (χ1v) is 7.63. The first-order valence-electron chi connectivity index (χ1n) is 6.84. The molecule has 2 aromatic rings. The SMILES string of the molecule is CNC(C)c1cc(Br)ccc1Oc1ccc(C)cc1OC. The van der Waals surface area contributed by atoms with Crippen LogP contribution in [-0.4, -0.2) is 14.2 Å². The van der Waals surface area contributed by atoms with Crippen LogP contribution < -0.4 is 14.8 Å². The third-order valence-electron chi connectivity index (χ3n) is 3.41. The number of hydrogen-bond donors (Lipinski definition) is 1. The van der Waals surface area contributed by atoms with Gasteiger partial charge in [-0.15, -0.1) is 0 Å². The number of methoxy groups -OCH3 is 1. The minimum atomic E-state index is 0.189. The summed E-state index contributed by atoms with van der Waals surface area (Å²) in [6.45, 7) is 4.13. The molecule has 3 nitrogen and oxygen atoms in total. The highest BCUT2D eigenvalue weighted by molar-refractivity contribution is 9.10. The van der Waals surface area contributed by atoms with Gasteiger partial charge in [-0.05, 0) is 56.8 Å². The van der Waals surface area contributed by atoms with E-state index < -0.39 is 0 Å². The fraction of sp³-hybridized carbons (Fsp3) is 0.294. The zero-order valence-corrected chi connectivity index (χ0v) is 14.3. The van der Waals surface area contributed by atoms with Gasteiger partial charge in [-0.1, -0.05) is 22.0 Å². The van der Waals surface area contributed by atoms with Crippen LogP contribution in [0, 0.1) is 6.92 Å². The average molecular weight is 350 g/mol. The Labute approximate surface area is 134 Å². The molecule has 0 radical (unpaired) electrons. The van der Waals surface area contributed by atoms with Crippen LogP contribution in [0.4, 0.5) is 0 Å². The molecule has 0 aliphatic heterocycles. The number of rotatable bonds is 5. The Morgan fingerprint density at radius 3 is 2.43 bits per heavy atom. The number of benzene rings is 2.